The van der Waals surface area contributed by atoms with Gasteiger partial charge >= 0.3 is 0 Å². The molecule has 3 aromatic rings. The molecular weight excluding hydrogens is 398 g/mol. The number of benzene rings is 2. The van der Waals surface area contributed by atoms with Crippen molar-refractivity contribution in [1.82, 2.24) is 4.98 Å². The quantitative estimate of drug-likeness (QED) is 0.658. The van der Waals surface area contributed by atoms with Crippen molar-refractivity contribution in [3.63, 3.8) is 0 Å². The van der Waals surface area contributed by atoms with Crippen molar-refractivity contribution in [2.75, 3.05) is 51.4 Å². The highest BCUT2D eigenvalue weighted by molar-refractivity contribution is 7.22. The Morgan fingerprint density at radius 3 is 2.70 bits per heavy atom. The van der Waals surface area contributed by atoms with Crippen LogP contribution in [0.25, 0.3) is 10.2 Å². The minimum Gasteiger partial charge on any atom is -0.497 e. The Morgan fingerprint density at radius 2 is 1.97 bits per heavy atom. The topological polar surface area (TPSA) is 56.1 Å². The zero-order valence-corrected chi connectivity index (χ0v) is 18.6. The number of fused-ring (bicyclic) bond motifs is 1. The normalized spacial score (nSPS) is 14.8. The Morgan fingerprint density at radius 1 is 1.17 bits per heavy atom. The number of nitrogens with zero attached hydrogens (tertiary/aromatic N) is 2. The fourth-order valence-corrected chi connectivity index (χ4v) is 4.65. The molecule has 1 fully saturated rings. The van der Waals surface area contributed by atoms with Gasteiger partial charge in [0.05, 0.1) is 43.6 Å². The lowest BCUT2D eigenvalue weighted by molar-refractivity contribution is -0.906. The van der Waals surface area contributed by atoms with Gasteiger partial charge in [0.1, 0.15) is 18.8 Å². The van der Waals surface area contributed by atoms with E-state index in [0.717, 1.165) is 59.5 Å². The molecule has 0 saturated carbocycles. The number of hydrogen-bond acceptors (Lipinski definition) is 5. The molecule has 1 aliphatic rings. The summed E-state index contributed by atoms with van der Waals surface area (Å²) in [6.45, 7) is 9.10. The molecule has 1 amide bonds. The summed E-state index contributed by atoms with van der Waals surface area (Å²) in [6.07, 6.45) is 0. The van der Waals surface area contributed by atoms with Gasteiger partial charge in [-0.2, -0.15) is 0 Å². The Hall–Kier alpha value is -2.48. The van der Waals surface area contributed by atoms with Gasteiger partial charge in [0.2, 0.25) is 0 Å². The number of methoxy groups -OCH3 is 1. The highest BCUT2D eigenvalue weighted by Crippen LogP contribution is 2.32. The van der Waals surface area contributed by atoms with E-state index in [1.807, 2.05) is 48.2 Å². The van der Waals surface area contributed by atoms with Crippen molar-refractivity contribution in [1.29, 1.82) is 0 Å². The molecule has 1 saturated heterocycles. The summed E-state index contributed by atoms with van der Waals surface area (Å²) in [5.41, 5.74) is 3.89. The number of amides is 1. The van der Waals surface area contributed by atoms with Gasteiger partial charge < -0.3 is 14.4 Å². The summed E-state index contributed by atoms with van der Waals surface area (Å²) in [4.78, 5) is 21.6. The van der Waals surface area contributed by atoms with Crippen molar-refractivity contribution >= 4 is 32.6 Å². The fourth-order valence-electron chi connectivity index (χ4n) is 3.63. The third-order valence-electron chi connectivity index (χ3n) is 5.70. The van der Waals surface area contributed by atoms with Crippen LogP contribution in [0.15, 0.2) is 36.4 Å². The molecule has 0 aliphatic carbocycles. The molecule has 1 aromatic heterocycles. The first-order chi connectivity index (χ1) is 14.5. The molecule has 7 heteroatoms. The summed E-state index contributed by atoms with van der Waals surface area (Å²) in [5, 5.41) is 0.731. The van der Waals surface area contributed by atoms with Crippen LogP contribution in [0.3, 0.4) is 0 Å². The van der Waals surface area contributed by atoms with Gasteiger partial charge in [-0.15, -0.1) is 0 Å². The number of aromatic nitrogens is 1. The number of carbonyl (C=O) groups is 1. The number of ether oxygens (including phenoxy) is 2. The molecule has 6 nitrogen and oxygen atoms in total. The summed E-state index contributed by atoms with van der Waals surface area (Å²) in [7, 11) is 1.66. The van der Waals surface area contributed by atoms with E-state index in [1.165, 1.54) is 21.8 Å². The summed E-state index contributed by atoms with van der Waals surface area (Å²) >= 11 is 1.53. The van der Waals surface area contributed by atoms with Crippen LogP contribution in [0.1, 0.15) is 21.5 Å². The predicted molar refractivity (Wildman–Crippen MR) is 120 cm³/mol. The Bertz CT molecular complexity index is 1040. The van der Waals surface area contributed by atoms with Crippen molar-refractivity contribution in [2.24, 2.45) is 0 Å². The SMILES string of the molecule is COc1ccc2nc(N(CC[NH+]3CCOCC3)C(=O)c3ccc(C)c(C)c3)sc2c1. The van der Waals surface area contributed by atoms with Crippen molar-refractivity contribution in [2.45, 2.75) is 13.8 Å². The number of thiazole rings is 1. The molecule has 1 aliphatic heterocycles. The zero-order valence-electron chi connectivity index (χ0n) is 17.7. The smallest absolute Gasteiger partial charge is 0.260 e. The lowest BCUT2D eigenvalue weighted by atomic mass is 10.1. The van der Waals surface area contributed by atoms with Crippen molar-refractivity contribution in [3.05, 3.63) is 53.1 Å². The van der Waals surface area contributed by atoms with Crippen molar-refractivity contribution < 1.29 is 19.2 Å². The molecule has 0 unspecified atom stereocenters. The largest absolute Gasteiger partial charge is 0.497 e. The second-order valence-electron chi connectivity index (χ2n) is 7.70. The van der Waals surface area contributed by atoms with E-state index in [4.69, 9.17) is 14.5 Å². The molecule has 1 N–H and O–H groups in total. The molecule has 0 bridgehead atoms. The number of quaternary nitrogens is 1. The van der Waals surface area contributed by atoms with Gasteiger partial charge in [-0.05, 0) is 55.3 Å². The van der Waals surface area contributed by atoms with Crippen LogP contribution in [0, 0.1) is 13.8 Å². The van der Waals surface area contributed by atoms with E-state index < -0.39 is 0 Å². The number of morpholine rings is 1. The van der Waals surface area contributed by atoms with Gasteiger partial charge in [0.15, 0.2) is 5.13 Å². The predicted octanol–water partition coefficient (Wildman–Crippen LogP) is 2.48. The van der Waals surface area contributed by atoms with Crippen LogP contribution in [0.5, 0.6) is 5.75 Å². The molecule has 2 heterocycles. The number of anilines is 1. The fraction of sp³-hybridized carbons (Fsp3) is 0.391. The van der Waals surface area contributed by atoms with Gasteiger partial charge in [-0.1, -0.05) is 17.4 Å². The minimum absolute atomic E-state index is 0.00298. The molecule has 0 atom stereocenters. The van der Waals surface area contributed by atoms with Gasteiger partial charge in [0.25, 0.3) is 5.91 Å². The Balaban J connectivity index is 1.65. The highest BCUT2D eigenvalue weighted by Gasteiger charge is 2.24. The lowest BCUT2D eigenvalue weighted by Crippen LogP contribution is -3.14. The van der Waals surface area contributed by atoms with E-state index in [0.29, 0.717) is 12.1 Å². The maximum atomic E-state index is 13.5. The van der Waals surface area contributed by atoms with Crippen LogP contribution in [0.4, 0.5) is 5.13 Å². The van der Waals surface area contributed by atoms with Crippen LogP contribution >= 0.6 is 11.3 Å². The number of nitrogens with one attached hydrogen (secondary N) is 1. The van der Waals surface area contributed by atoms with Gasteiger partial charge in [0, 0.05) is 5.56 Å². The third kappa shape index (κ3) is 4.48. The standard InChI is InChI=1S/C23H27N3O3S/c1-16-4-5-18(14-17(16)2)22(27)26(9-8-25-10-12-29-13-11-25)23-24-20-7-6-19(28-3)15-21(20)30-23/h4-7,14-15H,8-13H2,1-3H3/p+1. The average molecular weight is 427 g/mol. The van der Waals surface area contributed by atoms with E-state index >= 15 is 0 Å². The summed E-state index contributed by atoms with van der Waals surface area (Å²) in [6, 6.07) is 11.7. The monoisotopic (exact) mass is 426 g/mol. The van der Waals surface area contributed by atoms with E-state index in [2.05, 4.69) is 6.92 Å². The molecule has 2 aromatic carbocycles. The highest BCUT2D eigenvalue weighted by atomic mass is 32.1. The second kappa shape index (κ2) is 9.12. The van der Waals surface area contributed by atoms with Gasteiger partial charge in [-0.25, -0.2) is 4.98 Å². The first kappa shape index (κ1) is 20.8. The summed E-state index contributed by atoms with van der Waals surface area (Å²) in [5.74, 6) is 0.791. The van der Waals surface area contributed by atoms with Gasteiger partial charge in [-0.3, -0.25) is 9.69 Å². The number of aryl methyl sites for hydroxylation is 2. The first-order valence-corrected chi connectivity index (χ1v) is 11.1. The van der Waals surface area contributed by atoms with E-state index in [1.54, 1.807) is 7.11 Å². The lowest BCUT2D eigenvalue weighted by Gasteiger charge is -2.27. The Labute approximate surface area is 181 Å². The van der Waals surface area contributed by atoms with Crippen molar-refractivity contribution in [3.8, 4) is 5.75 Å². The Kier molecular flexibility index (Phi) is 6.32. The molecule has 0 spiro atoms. The molecule has 30 heavy (non-hydrogen) atoms. The molecule has 158 valence electrons. The van der Waals surface area contributed by atoms with E-state index in [9.17, 15) is 4.79 Å². The second-order valence-corrected chi connectivity index (χ2v) is 8.71. The third-order valence-corrected chi connectivity index (χ3v) is 6.74. The zero-order chi connectivity index (χ0) is 21.1. The summed E-state index contributed by atoms with van der Waals surface area (Å²) < 4.78 is 11.8. The first-order valence-electron chi connectivity index (χ1n) is 10.3. The van der Waals surface area contributed by atoms with Crippen LogP contribution in [-0.2, 0) is 4.74 Å². The molecule has 0 radical (unpaired) electrons. The average Bonchev–Trinajstić information content (AvgIpc) is 3.19. The number of carbonyl (C=O) groups excluding carboxylic acids is 1. The number of hydrogen-bond donors (Lipinski definition) is 1. The molecular formula is C23H28N3O3S+. The maximum absolute atomic E-state index is 13.5. The van der Waals surface area contributed by atoms with Crippen LogP contribution < -0.4 is 14.5 Å². The van der Waals surface area contributed by atoms with E-state index in [-0.39, 0.29) is 5.91 Å². The van der Waals surface area contributed by atoms with Crippen LogP contribution in [-0.4, -0.2) is 57.4 Å². The number of rotatable bonds is 6. The molecule has 4 rings (SSSR count). The maximum Gasteiger partial charge on any atom is 0.260 e. The minimum atomic E-state index is -0.00298. The van der Waals surface area contributed by atoms with Crippen LogP contribution in [0.2, 0.25) is 0 Å².